The molecular weight excluding hydrogens is 453 g/mol. The Hall–Kier alpha value is -1.59. The van der Waals surface area contributed by atoms with Gasteiger partial charge in [0.2, 0.25) is 5.91 Å². The zero-order valence-corrected chi connectivity index (χ0v) is 20.9. The van der Waals surface area contributed by atoms with Crippen LogP contribution >= 0.6 is 23.2 Å². The third-order valence-electron chi connectivity index (χ3n) is 6.91. The van der Waals surface area contributed by atoms with Crippen LogP contribution in [0.3, 0.4) is 0 Å². The van der Waals surface area contributed by atoms with Gasteiger partial charge in [-0.3, -0.25) is 14.6 Å². The molecule has 2 aliphatic heterocycles. The molecule has 2 fully saturated rings. The van der Waals surface area contributed by atoms with Crippen LogP contribution in [0, 0.1) is 5.92 Å². The monoisotopic (exact) mass is 487 g/mol. The topological polar surface area (TPSA) is 35.6 Å². The molecule has 178 valence electrons. The number of piperidine rings is 1. The minimum atomic E-state index is 0.00215. The summed E-state index contributed by atoms with van der Waals surface area (Å²) >= 11 is 12.7. The molecule has 4 nitrogen and oxygen atoms in total. The van der Waals surface area contributed by atoms with Crippen molar-refractivity contribution in [1.29, 1.82) is 0 Å². The fourth-order valence-corrected chi connectivity index (χ4v) is 5.49. The van der Waals surface area contributed by atoms with Crippen LogP contribution in [0.15, 0.2) is 42.5 Å². The molecule has 2 aliphatic rings. The van der Waals surface area contributed by atoms with E-state index in [0.717, 1.165) is 43.6 Å². The molecule has 33 heavy (non-hydrogen) atoms. The second kappa shape index (κ2) is 12.2. The summed E-state index contributed by atoms with van der Waals surface area (Å²) in [6, 6.07) is 14.3. The van der Waals surface area contributed by atoms with Crippen LogP contribution in [0.1, 0.15) is 55.2 Å². The average molecular weight is 489 g/mol. The molecule has 4 rings (SSSR count). The third kappa shape index (κ3) is 7.19. The van der Waals surface area contributed by atoms with E-state index < -0.39 is 0 Å². The van der Waals surface area contributed by atoms with Crippen LogP contribution in [-0.4, -0.2) is 41.9 Å². The maximum Gasteiger partial charge on any atom is 0.224 e. The number of hydrogen-bond donors (Lipinski definition) is 1. The zero-order valence-electron chi connectivity index (χ0n) is 19.4. The maximum atomic E-state index is 12.9. The Morgan fingerprint density at radius 3 is 2.15 bits per heavy atom. The van der Waals surface area contributed by atoms with E-state index in [0.29, 0.717) is 23.1 Å². The quantitative estimate of drug-likeness (QED) is 0.527. The SMILES string of the molecule is O=C(NCc1ccc(CN2CCCCCC2)cc1)C1CCCN(Cc2c(Cl)cccc2Cl)C1. The lowest BCUT2D eigenvalue weighted by Gasteiger charge is -2.32. The number of halogens is 2. The normalized spacial score (nSPS) is 20.4. The van der Waals surface area contributed by atoms with Gasteiger partial charge in [0.05, 0.1) is 5.92 Å². The van der Waals surface area contributed by atoms with Gasteiger partial charge in [0.25, 0.3) is 0 Å². The first-order chi connectivity index (χ1) is 16.1. The minimum Gasteiger partial charge on any atom is -0.352 e. The number of nitrogens with zero attached hydrogens (tertiary/aromatic N) is 2. The van der Waals surface area contributed by atoms with Crippen LogP contribution in [0.5, 0.6) is 0 Å². The van der Waals surface area contributed by atoms with Gasteiger partial charge in [-0.25, -0.2) is 0 Å². The highest BCUT2D eigenvalue weighted by atomic mass is 35.5. The molecule has 1 amide bonds. The third-order valence-corrected chi connectivity index (χ3v) is 7.62. The van der Waals surface area contributed by atoms with Crippen molar-refractivity contribution >= 4 is 29.1 Å². The fraction of sp³-hybridized carbons (Fsp3) is 0.519. The predicted molar refractivity (Wildman–Crippen MR) is 136 cm³/mol. The Bertz CT molecular complexity index is 890. The lowest BCUT2D eigenvalue weighted by Crippen LogP contribution is -2.42. The first-order valence-corrected chi connectivity index (χ1v) is 13.1. The first-order valence-electron chi connectivity index (χ1n) is 12.3. The number of amides is 1. The number of rotatable bonds is 7. The van der Waals surface area contributed by atoms with Gasteiger partial charge in [-0.05, 0) is 68.6 Å². The minimum absolute atomic E-state index is 0.00215. The van der Waals surface area contributed by atoms with E-state index in [1.807, 2.05) is 18.2 Å². The highest BCUT2D eigenvalue weighted by Gasteiger charge is 2.26. The molecule has 2 aromatic carbocycles. The van der Waals surface area contributed by atoms with Crippen LogP contribution in [0.4, 0.5) is 0 Å². The van der Waals surface area contributed by atoms with E-state index in [1.54, 1.807) is 0 Å². The van der Waals surface area contributed by atoms with Gasteiger partial charge in [-0.2, -0.15) is 0 Å². The second-order valence-electron chi connectivity index (χ2n) is 9.50. The Morgan fingerprint density at radius 2 is 1.45 bits per heavy atom. The second-order valence-corrected chi connectivity index (χ2v) is 10.3. The molecule has 0 aliphatic carbocycles. The molecule has 6 heteroatoms. The summed E-state index contributed by atoms with van der Waals surface area (Å²) < 4.78 is 0. The highest BCUT2D eigenvalue weighted by Crippen LogP contribution is 2.28. The van der Waals surface area contributed by atoms with Crippen molar-refractivity contribution in [3.63, 3.8) is 0 Å². The van der Waals surface area contributed by atoms with Crippen molar-refractivity contribution < 1.29 is 4.79 Å². The summed E-state index contributed by atoms with van der Waals surface area (Å²) in [4.78, 5) is 17.7. The number of carbonyl (C=O) groups is 1. The summed E-state index contributed by atoms with van der Waals surface area (Å²) in [6.45, 7) is 6.40. The molecule has 0 spiro atoms. The summed E-state index contributed by atoms with van der Waals surface area (Å²) in [5.74, 6) is 0.140. The van der Waals surface area contributed by atoms with Gasteiger partial charge in [0, 0.05) is 41.8 Å². The number of carbonyl (C=O) groups excluding carboxylic acids is 1. The van der Waals surface area contributed by atoms with E-state index >= 15 is 0 Å². The molecule has 0 radical (unpaired) electrons. The molecule has 2 aromatic rings. The van der Waals surface area contributed by atoms with Crippen LogP contribution in [-0.2, 0) is 24.4 Å². The smallest absolute Gasteiger partial charge is 0.224 e. The van der Waals surface area contributed by atoms with Gasteiger partial charge < -0.3 is 5.32 Å². The lowest BCUT2D eigenvalue weighted by atomic mass is 9.96. The Morgan fingerprint density at radius 1 is 0.818 bits per heavy atom. The van der Waals surface area contributed by atoms with Crippen molar-refractivity contribution in [2.45, 2.75) is 58.2 Å². The van der Waals surface area contributed by atoms with Crippen molar-refractivity contribution in [1.82, 2.24) is 15.1 Å². The van der Waals surface area contributed by atoms with Gasteiger partial charge >= 0.3 is 0 Å². The average Bonchev–Trinajstić information content (AvgIpc) is 3.10. The maximum absolute atomic E-state index is 12.9. The van der Waals surface area contributed by atoms with Crippen LogP contribution in [0.2, 0.25) is 10.0 Å². The van der Waals surface area contributed by atoms with E-state index in [9.17, 15) is 4.79 Å². The highest BCUT2D eigenvalue weighted by molar-refractivity contribution is 6.35. The van der Waals surface area contributed by atoms with Gasteiger partial charge in [0.1, 0.15) is 0 Å². The van der Waals surface area contributed by atoms with Gasteiger partial charge in [-0.15, -0.1) is 0 Å². The molecule has 0 aromatic heterocycles. The number of likely N-dealkylation sites (tertiary alicyclic amines) is 2. The number of benzene rings is 2. The van der Waals surface area contributed by atoms with E-state index in [-0.39, 0.29) is 11.8 Å². The van der Waals surface area contributed by atoms with Crippen molar-refractivity contribution in [2.75, 3.05) is 26.2 Å². The standard InChI is InChI=1S/C27H35Cl2N3O/c28-25-8-5-9-26(29)24(25)20-32-16-6-7-23(19-32)27(33)30-17-21-10-12-22(13-11-21)18-31-14-3-1-2-4-15-31/h5,8-13,23H,1-4,6-7,14-20H2,(H,30,33). The summed E-state index contributed by atoms with van der Waals surface area (Å²) in [5.41, 5.74) is 3.45. The van der Waals surface area contributed by atoms with Crippen LogP contribution < -0.4 is 5.32 Å². The molecular formula is C27H35Cl2N3O. The van der Waals surface area contributed by atoms with Gasteiger partial charge in [0.15, 0.2) is 0 Å². The van der Waals surface area contributed by atoms with E-state index in [4.69, 9.17) is 23.2 Å². The lowest BCUT2D eigenvalue weighted by molar-refractivity contribution is -0.126. The Labute approximate surface area is 208 Å². The Kier molecular flexibility index (Phi) is 9.08. The molecule has 0 bridgehead atoms. The molecule has 1 N–H and O–H groups in total. The fourth-order valence-electron chi connectivity index (χ4n) is 4.97. The molecule has 2 saturated heterocycles. The summed E-state index contributed by atoms with van der Waals surface area (Å²) in [5, 5.41) is 4.53. The molecule has 1 unspecified atom stereocenters. The summed E-state index contributed by atoms with van der Waals surface area (Å²) in [6.07, 6.45) is 7.28. The van der Waals surface area contributed by atoms with Crippen molar-refractivity contribution in [2.24, 2.45) is 5.92 Å². The van der Waals surface area contributed by atoms with E-state index in [2.05, 4.69) is 39.4 Å². The number of hydrogen-bond acceptors (Lipinski definition) is 3. The van der Waals surface area contributed by atoms with Crippen molar-refractivity contribution in [3.8, 4) is 0 Å². The largest absolute Gasteiger partial charge is 0.352 e. The molecule has 0 saturated carbocycles. The predicted octanol–water partition coefficient (Wildman–Crippen LogP) is 5.90. The summed E-state index contributed by atoms with van der Waals surface area (Å²) in [7, 11) is 0. The molecule has 2 heterocycles. The zero-order chi connectivity index (χ0) is 23.0. The molecule has 1 atom stereocenters. The first kappa shape index (κ1) is 24.5. The van der Waals surface area contributed by atoms with Crippen molar-refractivity contribution in [3.05, 3.63) is 69.2 Å². The number of nitrogens with one attached hydrogen (secondary N) is 1. The van der Waals surface area contributed by atoms with E-state index in [1.165, 1.54) is 44.3 Å². The van der Waals surface area contributed by atoms with Gasteiger partial charge in [-0.1, -0.05) is 66.4 Å². The van der Waals surface area contributed by atoms with Crippen LogP contribution in [0.25, 0.3) is 0 Å². The Balaban J connectivity index is 1.25.